The standard InChI is InChI=1S/C26H32F2N4O3S2/c1-26(11-4-5-12-26)25(33)31-37(34,35)22-14-18(16-29)24(23(28)15-22)30-20(10-13-32(2)3)17-36-21-8-6-19(27)7-9-21/h6-9,14-15,20,30H,4-5,10-13,17H2,1-3H3,(H,31,33)/t20-/m1/s1. The molecule has 2 aromatic rings. The van der Waals surface area contributed by atoms with Crippen LogP contribution in [0.4, 0.5) is 14.5 Å². The molecule has 7 nitrogen and oxygen atoms in total. The molecule has 200 valence electrons. The largest absolute Gasteiger partial charge is 0.378 e. The molecule has 0 saturated heterocycles. The van der Waals surface area contributed by atoms with Gasteiger partial charge >= 0.3 is 0 Å². The fourth-order valence-electron chi connectivity index (χ4n) is 4.20. The summed E-state index contributed by atoms with van der Waals surface area (Å²) < 4.78 is 56.3. The van der Waals surface area contributed by atoms with E-state index in [0.29, 0.717) is 31.6 Å². The highest BCUT2D eigenvalue weighted by molar-refractivity contribution is 7.99. The summed E-state index contributed by atoms with van der Waals surface area (Å²) in [5, 5.41) is 12.8. The monoisotopic (exact) mass is 550 g/mol. The second-order valence-corrected chi connectivity index (χ2v) is 12.6. The molecule has 0 bridgehead atoms. The number of hydrogen-bond donors (Lipinski definition) is 2. The molecule has 1 amide bonds. The fraction of sp³-hybridized carbons (Fsp3) is 0.462. The van der Waals surface area contributed by atoms with Gasteiger partial charge in [-0.15, -0.1) is 11.8 Å². The number of hydrogen-bond acceptors (Lipinski definition) is 7. The number of carbonyl (C=O) groups excluding carboxylic acids is 1. The van der Waals surface area contributed by atoms with Gasteiger partial charge in [0.1, 0.15) is 17.7 Å². The zero-order valence-electron chi connectivity index (χ0n) is 21.2. The topological polar surface area (TPSA) is 102 Å². The van der Waals surface area contributed by atoms with Crippen LogP contribution >= 0.6 is 11.8 Å². The van der Waals surface area contributed by atoms with Crippen molar-refractivity contribution in [1.29, 1.82) is 5.26 Å². The van der Waals surface area contributed by atoms with E-state index in [-0.39, 0.29) is 23.1 Å². The van der Waals surface area contributed by atoms with Crippen LogP contribution in [0.5, 0.6) is 0 Å². The van der Waals surface area contributed by atoms with Gasteiger partial charge in [0, 0.05) is 22.1 Å². The van der Waals surface area contributed by atoms with Gasteiger partial charge in [0.2, 0.25) is 5.91 Å². The van der Waals surface area contributed by atoms with E-state index in [1.807, 2.05) is 25.1 Å². The molecule has 2 N–H and O–H groups in total. The fourth-order valence-corrected chi connectivity index (χ4v) is 6.31. The van der Waals surface area contributed by atoms with Crippen molar-refractivity contribution in [2.24, 2.45) is 5.41 Å². The van der Waals surface area contributed by atoms with Gasteiger partial charge in [-0.05, 0) is 76.3 Å². The molecular weight excluding hydrogens is 518 g/mol. The highest BCUT2D eigenvalue weighted by atomic mass is 32.2. The van der Waals surface area contributed by atoms with Crippen molar-refractivity contribution >= 4 is 33.4 Å². The van der Waals surface area contributed by atoms with Gasteiger partial charge in [0.25, 0.3) is 10.0 Å². The maximum Gasteiger partial charge on any atom is 0.264 e. The van der Waals surface area contributed by atoms with Crippen molar-refractivity contribution in [3.05, 3.63) is 53.6 Å². The summed E-state index contributed by atoms with van der Waals surface area (Å²) in [5.41, 5.74) is -1.06. The number of rotatable bonds is 11. The first-order valence-corrected chi connectivity index (χ1v) is 14.5. The summed E-state index contributed by atoms with van der Waals surface area (Å²) in [6, 6.07) is 9.55. The van der Waals surface area contributed by atoms with Gasteiger partial charge < -0.3 is 10.2 Å². The smallest absolute Gasteiger partial charge is 0.264 e. The Hall–Kier alpha value is -2.68. The average Bonchev–Trinajstić information content (AvgIpc) is 3.30. The molecule has 1 atom stereocenters. The first-order valence-electron chi connectivity index (χ1n) is 12.0. The number of anilines is 1. The lowest BCUT2D eigenvalue weighted by Gasteiger charge is -2.23. The lowest BCUT2D eigenvalue weighted by molar-refractivity contribution is -0.127. The van der Waals surface area contributed by atoms with Crippen molar-refractivity contribution < 1.29 is 22.0 Å². The van der Waals surface area contributed by atoms with Gasteiger partial charge in [-0.3, -0.25) is 4.79 Å². The molecule has 0 unspecified atom stereocenters. The quantitative estimate of drug-likeness (QED) is 0.390. The highest BCUT2D eigenvalue weighted by Crippen LogP contribution is 2.38. The number of sulfonamides is 1. The van der Waals surface area contributed by atoms with Crippen LogP contribution in [-0.4, -0.2) is 51.7 Å². The Morgan fingerprint density at radius 1 is 1.19 bits per heavy atom. The van der Waals surface area contributed by atoms with Crippen LogP contribution in [0.15, 0.2) is 46.2 Å². The second kappa shape index (κ2) is 12.2. The molecule has 0 heterocycles. The first-order chi connectivity index (χ1) is 17.4. The van der Waals surface area contributed by atoms with Crippen molar-refractivity contribution in [3.8, 4) is 6.07 Å². The van der Waals surface area contributed by atoms with Gasteiger partial charge in [0.15, 0.2) is 0 Å². The third kappa shape index (κ3) is 7.66. The Bertz CT molecular complexity index is 1260. The number of thioether (sulfide) groups is 1. The number of carbonyl (C=O) groups is 1. The van der Waals surface area contributed by atoms with E-state index in [9.17, 15) is 22.9 Å². The molecule has 0 spiro atoms. The number of nitrogens with zero attached hydrogens (tertiary/aromatic N) is 2. The number of halogens is 2. The van der Waals surface area contributed by atoms with Gasteiger partial charge in [-0.2, -0.15) is 5.26 Å². The van der Waals surface area contributed by atoms with E-state index in [2.05, 4.69) is 10.0 Å². The summed E-state index contributed by atoms with van der Waals surface area (Å²) in [4.78, 5) is 15.0. The third-order valence-electron chi connectivity index (χ3n) is 6.51. The summed E-state index contributed by atoms with van der Waals surface area (Å²) >= 11 is 1.46. The van der Waals surface area contributed by atoms with E-state index < -0.39 is 32.1 Å². The number of nitrogens with one attached hydrogen (secondary N) is 2. The van der Waals surface area contributed by atoms with E-state index in [1.54, 1.807) is 19.1 Å². The molecule has 2 aromatic carbocycles. The molecule has 0 radical (unpaired) electrons. The van der Waals surface area contributed by atoms with E-state index in [0.717, 1.165) is 29.9 Å². The summed E-state index contributed by atoms with van der Waals surface area (Å²) in [6.07, 6.45) is 3.46. The van der Waals surface area contributed by atoms with Crippen molar-refractivity contribution in [3.63, 3.8) is 0 Å². The zero-order chi connectivity index (χ0) is 27.2. The molecule has 3 rings (SSSR count). The molecular formula is C26H32F2N4O3S2. The van der Waals surface area contributed by atoms with Crippen molar-refractivity contribution in [2.75, 3.05) is 31.7 Å². The maximum atomic E-state index is 15.3. The summed E-state index contributed by atoms with van der Waals surface area (Å²) in [6.45, 7) is 2.40. The summed E-state index contributed by atoms with van der Waals surface area (Å²) in [5.74, 6) is -1.36. The Morgan fingerprint density at radius 2 is 1.84 bits per heavy atom. The molecule has 1 aliphatic rings. The molecule has 0 aliphatic heterocycles. The predicted molar refractivity (Wildman–Crippen MR) is 141 cm³/mol. The molecule has 0 aromatic heterocycles. The Morgan fingerprint density at radius 3 is 2.43 bits per heavy atom. The maximum absolute atomic E-state index is 15.3. The summed E-state index contributed by atoms with van der Waals surface area (Å²) in [7, 11) is -0.550. The van der Waals surface area contributed by atoms with Crippen LogP contribution < -0.4 is 10.0 Å². The van der Waals surface area contributed by atoms with Crippen molar-refractivity contribution in [2.45, 2.75) is 54.9 Å². The Kier molecular flexibility index (Phi) is 9.56. The second-order valence-electron chi connectivity index (χ2n) is 9.84. The zero-order valence-corrected chi connectivity index (χ0v) is 22.8. The molecule has 1 aliphatic carbocycles. The first kappa shape index (κ1) is 28.9. The minimum Gasteiger partial charge on any atom is -0.378 e. The molecule has 11 heteroatoms. The van der Waals surface area contributed by atoms with Crippen LogP contribution in [0.25, 0.3) is 0 Å². The lowest BCUT2D eigenvalue weighted by Crippen LogP contribution is -2.40. The number of amides is 1. The molecule has 1 fully saturated rings. The SMILES string of the molecule is CN(C)CC[C@H](CSc1ccc(F)cc1)Nc1c(F)cc(S(=O)(=O)NC(=O)C2(C)CCCC2)cc1C#N. The highest BCUT2D eigenvalue weighted by Gasteiger charge is 2.38. The van der Waals surface area contributed by atoms with Crippen LogP contribution in [0.1, 0.15) is 44.6 Å². The van der Waals surface area contributed by atoms with Gasteiger partial charge in [-0.1, -0.05) is 19.8 Å². The minimum absolute atomic E-state index is 0.0982. The van der Waals surface area contributed by atoms with Crippen LogP contribution in [-0.2, 0) is 14.8 Å². The lowest BCUT2D eigenvalue weighted by atomic mass is 9.88. The average molecular weight is 551 g/mol. The number of benzene rings is 2. The van der Waals surface area contributed by atoms with E-state index in [1.165, 1.54) is 23.9 Å². The van der Waals surface area contributed by atoms with Crippen LogP contribution in [0, 0.1) is 28.4 Å². The predicted octanol–water partition coefficient (Wildman–Crippen LogP) is 4.75. The third-order valence-corrected chi connectivity index (χ3v) is 9.00. The number of nitriles is 1. The molecule has 1 saturated carbocycles. The van der Waals surface area contributed by atoms with Crippen LogP contribution in [0.3, 0.4) is 0 Å². The van der Waals surface area contributed by atoms with E-state index >= 15 is 4.39 Å². The van der Waals surface area contributed by atoms with E-state index in [4.69, 9.17) is 0 Å². The molecule has 37 heavy (non-hydrogen) atoms. The minimum atomic E-state index is -4.37. The van der Waals surface area contributed by atoms with Gasteiger partial charge in [-0.25, -0.2) is 21.9 Å². The van der Waals surface area contributed by atoms with Crippen molar-refractivity contribution in [1.82, 2.24) is 9.62 Å². The van der Waals surface area contributed by atoms with Crippen LogP contribution in [0.2, 0.25) is 0 Å². The Balaban J connectivity index is 1.81. The van der Waals surface area contributed by atoms with Gasteiger partial charge in [0.05, 0.1) is 16.1 Å². The Labute approximate surface area is 221 Å². The normalized spacial score (nSPS) is 15.8.